The van der Waals surface area contributed by atoms with Crippen molar-refractivity contribution in [2.75, 3.05) is 6.61 Å². The van der Waals surface area contributed by atoms with Crippen LogP contribution in [0, 0.1) is 0 Å². The van der Waals surface area contributed by atoms with Crippen LogP contribution in [0.4, 0.5) is 0 Å². The van der Waals surface area contributed by atoms with Crippen LogP contribution in [0.15, 0.2) is 112 Å². The zero-order valence-electron chi connectivity index (χ0n) is 23.0. The quantitative estimate of drug-likeness (QED) is 0.211. The van der Waals surface area contributed by atoms with Gasteiger partial charge in [-0.3, -0.25) is 9.36 Å². The molecule has 1 unspecified atom stereocenters. The smallest absolute Gasteiger partial charge is 0.338 e. The van der Waals surface area contributed by atoms with Crippen molar-refractivity contribution >= 4 is 45.8 Å². The Labute approximate surface area is 251 Å². The summed E-state index contributed by atoms with van der Waals surface area (Å²) >= 11 is 7.42. The van der Waals surface area contributed by atoms with Crippen molar-refractivity contribution in [3.05, 3.63) is 144 Å². The number of benzene rings is 4. The zero-order chi connectivity index (χ0) is 29.2. The van der Waals surface area contributed by atoms with Crippen molar-refractivity contribution in [3.8, 4) is 5.75 Å². The Morgan fingerprint density at radius 2 is 1.74 bits per heavy atom. The molecule has 0 saturated heterocycles. The second kappa shape index (κ2) is 11.8. The molecule has 4 aromatic carbocycles. The second-order valence-corrected chi connectivity index (χ2v) is 11.3. The van der Waals surface area contributed by atoms with Crippen LogP contribution >= 0.6 is 22.9 Å². The lowest BCUT2D eigenvalue weighted by Crippen LogP contribution is -2.39. The van der Waals surface area contributed by atoms with Crippen LogP contribution < -0.4 is 19.6 Å². The van der Waals surface area contributed by atoms with E-state index in [1.807, 2.05) is 60.7 Å². The van der Waals surface area contributed by atoms with Crippen LogP contribution in [0.3, 0.4) is 0 Å². The maximum absolute atomic E-state index is 13.8. The number of nitrogens with zero attached hydrogens (tertiary/aromatic N) is 2. The van der Waals surface area contributed by atoms with E-state index in [9.17, 15) is 9.59 Å². The Balaban J connectivity index is 1.31. The monoisotopic (exact) mass is 594 g/mol. The van der Waals surface area contributed by atoms with Gasteiger partial charge in [0, 0.05) is 5.02 Å². The van der Waals surface area contributed by atoms with E-state index in [1.54, 1.807) is 30.5 Å². The van der Waals surface area contributed by atoms with Crippen LogP contribution in [0.25, 0.3) is 16.8 Å². The standard InChI is InChI=1S/C34H27ClN2O4S/c1-3-40-33(39)30-21(2)36-34-37(31(30)24-13-15-26(35)16-14-24)32(38)29(42-34)19-22-11-17-27(18-12-22)41-20-25-9-6-8-23-7-4-5-10-28(23)25/h4-19,31H,3,20H2,1-2H3/b29-19+. The molecule has 0 N–H and O–H groups in total. The Hall–Kier alpha value is -4.46. The Morgan fingerprint density at radius 3 is 2.50 bits per heavy atom. The molecule has 8 heteroatoms. The Bertz CT molecular complexity index is 2000. The summed E-state index contributed by atoms with van der Waals surface area (Å²) in [6.45, 7) is 4.19. The summed E-state index contributed by atoms with van der Waals surface area (Å²) in [5.74, 6) is 0.242. The van der Waals surface area contributed by atoms with Gasteiger partial charge >= 0.3 is 5.97 Å². The number of hydrogen-bond acceptors (Lipinski definition) is 6. The fraction of sp³-hybridized carbons (Fsp3) is 0.147. The predicted octanol–water partition coefficient (Wildman–Crippen LogP) is 6.18. The van der Waals surface area contributed by atoms with Gasteiger partial charge in [0.15, 0.2) is 4.80 Å². The highest BCUT2D eigenvalue weighted by atomic mass is 35.5. The van der Waals surface area contributed by atoms with E-state index >= 15 is 0 Å². The minimum absolute atomic E-state index is 0.217. The van der Waals surface area contributed by atoms with Crippen LogP contribution in [-0.2, 0) is 16.1 Å². The molecule has 6 nitrogen and oxygen atoms in total. The van der Waals surface area contributed by atoms with Crippen molar-refractivity contribution in [1.82, 2.24) is 4.57 Å². The lowest BCUT2D eigenvalue weighted by Gasteiger charge is -2.24. The first kappa shape index (κ1) is 27.7. The molecule has 0 fully saturated rings. The predicted molar refractivity (Wildman–Crippen MR) is 167 cm³/mol. The number of fused-ring (bicyclic) bond motifs is 2. The van der Waals surface area contributed by atoms with E-state index < -0.39 is 12.0 Å². The Kier molecular flexibility index (Phi) is 7.78. The van der Waals surface area contributed by atoms with Crippen LogP contribution in [0.2, 0.25) is 5.02 Å². The van der Waals surface area contributed by atoms with Gasteiger partial charge in [-0.25, -0.2) is 9.79 Å². The summed E-state index contributed by atoms with van der Waals surface area (Å²) in [4.78, 5) is 32.0. The lowest BCUT2D eigenvalue weighted by atomic mass is 9.96. The molecule has 0 bridgehead atoms. The minimum atomic E-state index is -0.676. The summed E-state index contributed by atoms with van der Waals surface area (Å²) in [5.41, 5.74) is 3.34. The molecule has 1 aliphatic heterocycles. The minimum Gasteiger partial charge on any atom is -0.489 e. The van der Waals surface area contributed by atoms with Gasteiger partial charge in [0.2, 0.25) is 0 Å². The van der Waals surface area contributed by atoms with Gasteiger partial charge in [0.05, 0.1) is 28.5 Å². The molecule has 0 spiro atoms. The number of thiazole rings is 1. The molecule has 2 heterocycles. The number of carbonyl (C=O) groups is 1. The van der Waals surface area contributed by atoms with Gasteiger partial charge in [-0.05, 0) is 71.7 Å². The summed E-state index contributed by atoms with van der Waals surface area (Å²) in [6, 6.07) is 28.5. The molecule has 6 rings (SSSR count). The van der Waals surface area contributed by atoms with E-state index in [1.165, 1.54) is 22.1 Å². The number of halogens is 1. The molecule has 5 aromatic rings. The van der Waals surface area contributed by atoms with Crippen LogP contribution in [0.1, 0.15) is 36.6 Å². The highest BCUT2D eigenvalue weighted by molar-refractivity contribution is 7.07. The van der Waals surface area contributed by atoms with E-state index in [0.717, 1.165) is 22.4 Å². The molecule has 1 atom stereocenters. The van der Waals surface area contributed by atoms with Gasteiger partial charge in [0.25, 0.3) is 5.56 Å². The number of esters is 1. The number of rotatable bonds is 7. The SMILES string of the molecule is CCOC(=O)C1=C(C)N=c2s/c(=C/c3ccc(OCc4cccc5ccccc45)cc3)c(=O)n2C1c1ccc(Cl)cc1. The Morgan fingerprint density at radius 1 is 1.00 bits per heavy atom. The van der Waals surface area contributed by atoms with Crippen molar-refractivity contribution in [2.45, 2.75) is 26.5 Å². The number of carbonyl (C=O) groups excluding carboxylic acids is 1. The fourth-order valence-electron chi connectivity index (χ4n) is 5.14. The number of allylic oxidation sites excluding steroid dienone is 1. The van der Waals surface area contributed by atoms with Crippen LogP contribution in [-0.4, -0.2) is 17.1 Å². The summed E-state index contributed by atoms with van der Waals surface area (Å²) < 4.78 is 13.5. The number of aromatic nitrogens is 1. The maximum atomic E-state index is 13.8. The van der Waals surface area contributed by atoms with Gasteiger partial charge in [-0.15, -0.1) is 0 Å². The summed E-state index contributed by atoms with van der Waals surface area (Å²) in [5, 5.41) is 2.91. The highest BCUT2D eigenvalue weighted by Crippen LogP contribution is 2.31. The first-order chi connectivity index (χ1) is 20.4. The van der Waals surface area contributed by atoms with Gasteiger partial charge < -0.3 is 9.47 Å². The molecule has 0 radical (unpaired) electrons. The summed E-state index contributed by atoms with van der Waals surface area (Å²) in [7, 11) is 0. The fourth-order valence-corrected chi connectivity index (χ4v) is 6.32. The first-order valence-electron chi connectivity index (χ1n) is 13.6. The molecule has 0 aliphatic carbocycles. The van der Waals surface area contributed by atoms with Gasteiger partial charge in [-0.2, -0.15) is 0 Å². The molecule has 0 amide bonds. The molecule has 0 saturated carbocycles. The van der Waals surface area contributed by atoms with Crippen molar-refractivity contribution in [1.29, 1.82) is 0 Å². The van der Waals surface area contributed by atoms with Crippen molar-refractivity contribution in [2.24, 2.45) is 4.99 Å². The van der Waals surface area contributed by atoms with Gasteiger partial charge in [0.1, 0.15) is 12.4 Å². The van der Waals surface area contributed by atoms with E-state index in [0.29, 0.717) is 32.2 Å². The normalized spacial score (nSPS) is 14.9. The topological polar surface area (TPSA) is 69.9 Å². The first-order valence-corrected chi connectivity index (χ1v) is 14.8. The second-order valence-electron chi connectivity index (χ2n) is 9.85. The molecular weight excluding hydrogens is 568 g/mol. The van der Waals surface area contributed by atoms with E-state index in [-0.39, 0.29) is 12.2 Å². The molecular formula is C34H27ClN2O4S. The highest BCUT2D eigenvalue weighted by Gasteiger charge is 2.33. The number of hydrogen-bond donors (Lipinski definition) is 0. The summed E-state index contributed by atoms with van der Waals surface area (Å²) in [6.07, 6.45) is 1.83. The van der Waals surface area contributed by atoms with Crippen molar-refractivity contribution < 1.29 is 14.3 Å². The lowest BCUT2D eigenvalue weighted by molar-refractivity contribution is -0.139. The van der Waals surface area contributed by atoms with Gasteiger partial charge in [-0.1, -0.05) is 89.7 Å². The van der Waals surface area contributed by atoms with Crippen LogP contribution in [0.5, 0.6) is 5.75 Å². The molecule has 1 aliphatic rings. The van der Waals surface area contributed by atoms with E-state index in [2.05, 4.69) is 29.3 Å². The molecule has 42 heavy (non-hydrogen) atoms. The number of ether oxygens (including phenoxy) is 2. The third kappa shape index (κ3) is 5.41. The maximum Gasteiger partial charge on any atom is 0.338 e. The molecule has 210 valence electrons. The molecule has 1 aromatic heterocycles. The average Bonchev–Trinajstić information content (AvgIpc) is 3.30. The third-order valence-electron chi connectivity index (χ3n) is 7.15. The van der Waals surface area contributed by atoms with E-state index in [4.69, 9.17) is 21.1 Å². The average molecular weight is 595 g/mol. The zero-order valence-corrected chi connectivity index (χ0v) is 24.6. The van der Waals surface area contributed by atoms with Crippen molar-refractivity contribution in [3.63, 3.8) is 0 Å². The third-order valence-corrected chi connectivity index (χ3v) is 8.39. The largest absolute Gasteiger partial charge is 0.489 e.